The van der Waals surface area contributed by atoms with E-state index in [2.05, 4.69) is 15.9 Å². The van der Waals surface area contributed by atoms with Gasteiger partial charge in [-0.05, 0) is 48.3 Å². The molecule has 0 aliphatic rings. The fraction of sp³-hybridized carbons (Fsp3) is 0.417. The highest BCUT2D eigenvalue weighted by atomic mass is 79.9. The van der Waals surface area contributed by atoms with Crippen molar-refractivity contribution in [3.05, 3.63) is 28.0 Å². The van der Waals surface area contributed by atoms with Crippen molar-refractivity contribution in [1.82, 2.24) is 0 Å². The Morgan fingerprint density at radius 1 is 1.50 bits per heavy atom. The summed E-state index contributed by atoms with van der Waals surface area (Å²) in [5.74, 6) is -0.363. The average molecular weight is 286 g/mol. The van der Waals surface area contributed by atoms with E-state index in [9.17, 15) is 4.39 Å². The van der Waals surface area contributed by atoms with Gasteiger partial charge in [-0.3, -0.25) is 0 Å². The highest BCUT2D eigenvalue weighted by molar-refractivity contribution is 9.10. The maximum Gasteiger partial charge on any atom is 0.180 e. The monoisotopic (exact) mass is 285 g/mol. The number of hydrogen-bond donors (Lipinski definition) is 0. The van der Waals surface area contributed by atoms with Crippen molar-refractivity contribution in [2.75, 3.05) is 0 Å². The summed E-state index contributed by atoms with van der Waals surface area (Å²) in [4.78, 5) is 0. The van der Waals surface area contributed by atoms with Crippen LogP contribution in [0.15, 0.2) is 16.6 Å². The molecule has 0 aromatic heterocycles. The molecule has 0 atom stereocenters. The molecule has 0 N–H and O–H groups in total. The zero-order valence-corrected chi connectivity index (χ0v) is 11.1. The van der Waals surface area contributed by atoms with Crippen molar-refractivity contribution >= 4 is 15.9 Å². The van der Waals surface area contributed by atoms with Crippen LogP contribution in [0.4, 0.5) is 4.39 Å². The van der Waals surface area contributed by atoms with Crippen LogP contribution < -0.4 is 4.74 Å². The summed E-state index contributed by atoms with van der Waals surface area (Å²) in [6, 6.07) is 4.92. The van der Waals surface area contributed by atoms with E-state index in [0.29, 0.717) is 0 Å². The first kappa shape index (κ1) is 13.0. The van der Waals surface area contributed by atoms with Gasteiger partial charge in [0.05, 0.1) is 10.0 Å². The van der Waals surface area contributed by atoms with Gasteiger partial charge in [-0.2, -0.15) is 5.26 Å². The molecular weight excluding hydrogens is 273 g/mol. The largest absolute Gasteiger partial charge is 0.485 e. The van der Waals surface area contributed by atoms with Gasteiger partial charge in [0, 0.05) is 0 Å². The molecule has 0 bridgehead atoms. The van der Waals surface area contributed by atoms with Gasteiger partial charge in [-0.25, -0.2) is 4.39 Å². The molecule has 1 aromatic rings. The third kappa shape index (κ3) is 2.73. The van der Waals surface area contributed by atoms with E-state index < -0.39 is 11.4 Å². The summed E-state index contributed by atoms with van der Waals surface area (Å²) >= 11 is 3.04. The Bertz CT molecular complexity index is 437. The Morgan fingerprint density at radius 2 is 2.12 bits per heavy atom. The van der Waals surface area contributed by atoms with E-state index in [4.69, 9.17) is 10.00 Å². The van der Waals surface area contributed by atoms with Gasteiger partial charge in [0.15, 0.2) is 11.6 Å². The van der Waals surface area contributed by atoms with Crippen LogP contribution in [-0.2, 0) is 0 Å². The van der Waals surface area contributed by atoms with Crippen LogP contribution >= 0.6 is 15.9 Å². The molecule has 0 radical (unpaired) electrons. The molecule has 0 saturated heterocycles. The number of ether oxygens (including phenoxy) is 1. The molecule has 0 aliphatic carbocycles. The lowest BCUT2D eigenvalue weighted by Crippen LogP contribution is -2.27. The van der Waals surface area contributed by atoms with Crippen molar-refractivity contribution in [3.8, 4) is 11.8 Å². The van der Waals surface area contributed by atoms with E-state index in [1.807, 2.05) is 26.8 Å². The number of benzene rings is 1. The Morgan fingerprint density at radius 3 is 2.62 bits per heavy atom. The van der Waals surface area contributed by atoms with Gasteiger partial charge in [-0.1, -0.05) is 6.92 Å². The minimum absolute atomic E-state index is 0.152. The molecule has 1 rings (SSSR count). The van der Waals surface area contributed by atoms with Crippen molar-refractivity contribution in [2.24, 2.45) is 0 Å². The maximum atomic E-state index is 13.8. The molecule has 0 spiro atoms. The molecule has 2 nitrogen and oxygen atoms in total. The number of nitrogens with zero attached hydrogens (tertiary/aromatic N) is 1. The number of hydrogen-bond acceptors (Lipinski definition) is 2. The summed E-state index contributed by atoms with van der Waals surface area (Å²) in [6.07, 6.45) is 0.768. The van der Waals surface area contributed by atoms with Crippen LogP contribution in [0.3, 0.4) is 0 Å². The van der Waals surface area contributed by atoms with Crippen LogP contribution in [0.2, 0.25) is 0 Å². The molecular formula is C12H13BrFNO. The first-order valence-corrected chi connectivity index (χ1v) is 5.77. The quantitative estimate of drug-likeness (QED) is 0.840. The summed E-state index contributed by atoms with van der Waals surface area (Å²) in [7, 11) is 0. The summed E-state index contributed by atoms with van der Waals surface area (Å²) in [5.41, 5.74) is -0.159. The third-order valence-corrected chi connectivity index (χ3v) is 3.18. The Hall–Kier alpha value is -1.08. The van der Waals surface area contributed by atoms with Crippen LogP contribution in [-0.4, -0.2) is 5.60 Å². The van der Waals surface area contributed by atoms with Crippen molar-refractivity contribution in [3.63, 3.8) is 0 Å². The van der Waals surface area contributed by atoms with Gasteiger partial charge in [0.25, 0.3) is 0 Å². The summed E-state index contributed by atoms with van der Waals surface area (Å²) in [6.45, 7) is 5.74. The maximum absolute atomic E-state index is 13.8. The lowest BCUT2D eigenvalue weighted by Gasteiger charge is -2.25. The van der Waals surface area contributed by atoms with Crippen LogP contribution in [0, 0.1) is 17.1 Å². The number of halogens is 2. The smallest absolute Gasteiger partial charge is 0.180 e. The number of nitriles is 1. The first-order valence-electron chi connectivity index (χ1n) is 4.98. The van der Waals surface area contributed by atoms with Gasteiger partial charge >= 0.3 is 0 Å². The van der Waals surface area contributed by atoms with Crippen molar-refractivity contribution in [1.29, 1.82) is 5.26 Å². The van der Waals surface area contributed by atoms with E-state index >= 15 is 0 Å². The fourth-order valence-electron chi connectivity index (χ4n) is 1.07. The second-order valence-corrected chi connectivity index (χ2v) is 4.86. The average Bonchev–Trinajstić information content (AvgIpc) is 2.25. The molecule has 0 fully saturated rings. The van der Waals surface area contributed by atoms with Crippen molar-refractivity contribution < 1.29 is 9.13 Å². The van der Waals surface area contributed by atoms with Crippen LogP contribution in [0.1, 0.15) is 32.8 Å². The molecule has 4 heteroatoms. The van der Waals surface area contributed by atoms with E-state index in [0.717, 1.165) is 6.42 Å². The van der Waals surface area contributed by atoms with Gasteiger partial charge in [0.1, 0.15) is 11.7 Å². The third-order valence-electron chi connectivity index (χ3n) is 2.41. The Kier molecular flexibility index (Phi) is 3.93. The molecule has 0 heterocycles. The van der Waals surface area contributed by atoms with Crippen LogP contribution in [0.25, 0.3) is 0 Å². The zero-order valence-electron chi connectivity index (χ0n) is 9.47. The highest BCUT2D eigenvalue weighted by Crippen LogP contribution is 2.31. The van der Waals surface area contributed by atoms with Gasteiger partial charge < -0.3 is 4.74 Å². The minimum atomic E-state index is -0.527. The molecule has 1 aromatic carbocycles. The standard InChI is InChI=1S/C12H13BrFNO/c1-4-12(2,3)16-9-6-5-8(7-15)10(13)11(9)14/h5-6H,4H2,1-3H3. The van der Waals surface area contributed by atoms with Gasteiger partial charge in [-0.15, -0.1) is 0 Å². The fourth-order valence-corrected chi connectivity index (χ4v) is 1.48. The SMILES string of the molecule is CCC(C)(C)Oc1ccc(C#N)c(Br)c1F. The Labute approximate surface area is 103 Å². The van der Waals surface area contributed by atoms with Crippen molar-refractivity contribution in [2.45, 2.75) is 32.8 Å². The Balaban J connectivity index is 3.10. The van der Waals surface area contributed by atoms with Gasteiger partial charge in [0.2, 0.25) is 0 Å². The topological polar surface area (TPSA) is 33.0 Å². The van der Waals surface area contributed by atoms with E-state index in [1.54, 1.807) is 0 Å². The molecule has 86 valence electrons. The van der Waals surface area contributed by atoms with Crippen LogP contribution in [0.5, 0.6) is 5.75 Å². The lowest BCUT2D eigenvalue weighted by molar-refractivity contribution is 0.0992. The predicted molar refractivity (Wildman–Crippen MR) is 63.8 cm³/mol. The second-order valence-electron chi connectivity index (χ2n) is 4.07. The normalized spacial score (nSPS) is 11.0. The lowest BCUT2D eigenvalue weighted by atomic mass is 10.1. The molecule has 0 unspecified atom stereocenters. The first-order chi connectivity index (χ1) is 7.41. The second kappa shape index (κ2) is 4.84. The summed E-state index contributed by atoms with van der Waals surface area (Å²) < 4.78 is 19.5. The highest BCUT2D eigenvalue weighted by Gasteiger charge is 2.20. The van der Waals surface area contributed by atoms with E-state index in [1.165, 1.54) is 12.1 Å². The predicted octanol–water partition coefficient (Wildman–Crippen LogP) is 4.03. The molecule has 16 heavy (non-hydrogen) atoms. The molecule has 0 amide bonds. The molecule has 0 aliphatic heterocycles. The zero-order chi connectivity index (χ0) is 12.3. The minimum Gasteiger partial charge on any atom is -0.485 e. The van der Waals surface area contributed by atoms with E-state index in [-0.39, 0.29) is 15.8 Å². The summed E-state index contributed by atoms with van der Waals surface area (Å²) in [5, 5.41) is 8.73. The molecule has 0 saturated carbocycles. The number of rotatable bonds is 3.